The molecule has 0 unspecified atom stereocenters. The van der Waals surface area contributed by atoms with Gasteiger partial charge < -0.3 is 15.9 Å². The van der Waals surface area contributed by atoms with E-state index in [1.54, 1.807) is 13.8 Å². The van der Waals surface area contributed by atoms with Crippen molar-refractivity contribution < 1.29 is 15.0 Å². The van der Waals surface area contributed by atoms with Crippen molar-refractivity contribution >= 4 is 5.97 Å². The van der Waals surface area contributed by atoms with Gasteiger partial charge >= 0.3 is 5.97 Å². The number of carboxylic acids is 1. The molecule has 0 amide bonds. The first-order valence-electron chi connectivity index (χ1n) is 2.98. The molecule has 0 bridgehead atoms. The fourth-order valence-corrected chi connectivity index (χ4v) is 0.285. The minimum atomic E-state index is -0.931. The van der Waals surface area contributed by atoms with E-state index in [1.807, 2.05) is 0 Å². The molecule has 0 aromatic heterocycles. The van der Waals surface area contributed by atoms with Crippen LogP contribution >= 0.6 is 0 Å². The standard InChI is InChI=1S/C5H11NO2.CH4O/c1-3(2)4(6)5(7)8;1-2/h3-4H,6H2,1-2H3,(H,7,8);2H,1H3/t4-;/m0./s1. The number of aliphatic hydroxyl groups is 1. The van der Waals surface area contributed by atoms with Crippen LogP contribution in [0.25, 0.3) is 0 Å². The molecule has 0 heterocycles. The highest BCUT2D eigenvalue weighted by molar-refractivity contribution is 5.73. The fraction of sp³-hybridized carbons (Fsp3) is 0.833. The molecule has 0 aromatic rings. The molecule has 0 spiro atoms. The summed E-state index contributed by atoms with van der Waals surface area (Å²) in [6, 6.07) is -0.713. The number of aliphatic hydroxyl groups excluding tert-OH is 1. The van der Waals surface area contributed by atoms with Gasteiger partial charge in [-0.1, -0.05) is 13.8 Å². The van der Waals surface area contributed by atoms with E-state index < -0.39 is 12.0 Å². The molecular weight excluding hydrogens is 134 g/mol. The van der Waals surface area contributed by atoms with E-state index in [2.05, 4.69) is 0 Å². The maximum absolute atomic E-state index is 10.0. The molecular formula is C6H15NO3. The average Bonchev–Trinajstić information content (AvgIpc) is 1.90. The minimum absolute atomic E-state index is 0.0208. The predicted octanol–water partition coefficient (Wildman–Crippen LogP) is -0.337. The Kier molecular flexibility index (Phi) is 7.88. The van der Waals surface area contributed by atoms with Crippen LogP contribution in [-0.2, 0) is 4.79 Å². The second-order valence-corrected chi connectivity index (χ2v) is 2.11. The second kappa shape index (κ2) is 6.51. The van der Waals surface area contributed by atoms with E-state index in [0.717, 1.165) is 7.11 Å². The summed E-state index contributed by atoms with van der Waals surface area (Å²) in [4.78, 5) is 10.0. The van der Waals surface area contributed by atoms with E-state index in [0.29, 0.717) is 0 Å². The number of rotatable bonds is 2. The summed E-state index contributed by atoms with van der Waals surface area (Å²) >= 11 is 0. The third kappa shape index (κ3) is 5.53. The molecule has 0 aliphatic rings. The van der Waals surface area contributed by atoms with Gasteiger partial charge in [-0.25, -0.2) is 0 Å². The van der Waals surface area contributed by atoms with E-state index >= 15 is 0 Å². The van der Waals surface area contributed by atoms with Gasteiger partial charge in [0, 0.05) is 7.11 Å². The highest BCUT2D eigenvalue weighted by Gasteiger charge is 2.14. The lowest BCUT2D eigenvalue weighted by atomic mass is 10.1. The number of hydrogen-bond donors (Lipinski definition) is 3. The molecule has 62 valence electrons. The van der Waals surface area contributed by atoms with Crippen molar-refractivity contribution in [2.75, 3.05) is 7.11 Å². The molecule has 0 aliphatic carbocycles. The van der Waals surface area contributed by atoms with Crippen LogP contribution in [0, 0.1) is 5.92 Å². The maximum atomic E-state index is 10.0. The molecule has 0 rings (SSSR count). The van der Waals surface area contributed by atoms with Gasteiger partial charge in [0.15, 0.2) is 0 Å². The normalized spacial score (nSPS) is 11.8. The van der Waals surface area contributed by atoms with Crippen molar-refractivity contribution in [1.82, 2.24) is 0 Å². The highest BCUT2D eigenvalue weighted by Crippen LogP contribution is 1.96. The molecule has 0 aliphatic heterocycles. The van der Waals surface area contributed by atoms with Crippen molar-refractivity contribution in [3.8, 4) is 0 Å². The third-order valence-corrected chi connectivity index (χ3v) is 1.00. The molecule has 0 aromatic carbocycles. The van der Waals surface area contributed by atoms with Gasteiger partial charge in [0.1, 0.15) is 6.04 Å². The maximum Gasteiger partial charge on any atom is 0.320 e. The highest BCUT2D eigenvalue weighted by atomic mass is 16.4. The van der Waals surface area contributed by atoms with E-state index in [1.165, 1.54) is 0 Å². The summed E-state index contributed by atoms with van der Waals surface area (Å²) in [6.07, 6.45) is 0. The molecule has 4 nitrogen and oxygen atoms in total. The Labute approximate surface area is 60.7 Å². The Morgan fingerprint density at radius 1 is 1.40 bits per heavy atom. The SMILES string of the molecule is CC(C)[C@H](N)C(=O)O.CO. The Morgan fingerprint density at radius 2 is 1.70 bits per heavy atom. The van der Waals surface area contributed by atoms with Gasteiger partial charge in [-0.2, -0.15) is 0 Å². The van der Waals surface area contributed by atoms with Crippen LogP contribution in [0.4, 0.5) is 0 Å². The van der Waals surface area contributed by atoms with Crippen molar-refractivity contribution in [2.45, 2.75) is 19.9 Å². The lowest BCUT2D eigenvalue weighted by Crippen LogP contribution is -2.34. The van der Waals surface area contributed by atoms with Gasteiger partial charge in [-0.05, 0) is 5.92 Å². The van der Waals surface area contributed by atoms with Crippen LogP contribution in [0.3, 0.4) is 0 Å². The summed E-state index contributed by atoms with van der Waals surface area (Å²) in [5, 5.41) is 15.2. The topological polar surface area (TPSA) is 83.6 Å². The van der Waals surface area contributed by atoms with Crippen molar-refractivity contribution in [1.29, 1.82) is 0 Å². The van der Waals surface area contributed by atoms with Gasteiger partial charge in [0.05, 0.1) is 0 Å². The predicted molar refractivity (Wildman–Crippen MR) is 38.6 cm³/mol. The van der Waals surface area contributed by atoms with Crippen LogP contribution in [0.5, 0.6) is 0 Å². The van der Waals surface area contributed by atoms with Crippen LogP contribution in [-0.4, -0.2) is 29.3 Å². The first-order valence-corrected chi connectivity index (χ1v) is 2.98. The number of aliphatic carboxylic acids is 1. The summed E-state index contributed by atoms with van der Waals surface area (Å²) in [6.45, 7) is 3.55. The van der Waals surface area contributed by atoms with Gasteiger partial charge in [0.2, 0.25) is 0 Å². The monoisotopic (exact) mass is 149 g/mol. The average molecular weight is 149 g/mol. The van der Waals surface area contributed by atoms with Crippen LogP contribution in [0.2, 0.25) is 0 Å². The van der Waals surface area contributed by atoms with Gasteiger partial charge in [-0.3, -0.25) is 4.79 Å². The van der Waals surface area contributed by atoms with Crippen molar-refractivity contribution in [3.63, 3.8) is 0 Å². The minimum Gasteiger partial charge on any atom is -0.480 e. The fourth-order valence-electron chi connectivity index (χ4n) is 0.285. The van der Waals surface area contributed by atoms with E-state index in [-0.39, 0.29) is 5.92 Å². The molecule has 0 radical (unpaired) electrons. The van der Waals surface area contributed by atoms with Crippen LogP contribution in [0.15, 0.2) is 0 Å². The Hall–Kier alpha value is -0.610. The zero-order chi connectivity index (χ0) is 8.73. The Balaban J connectivity index is 0. The van der Waals surface area contributed by atoms with E-state index in [4.69, 9.17) is 15.9 Å². The smallest absolute Gasteiger partial charge is 0.320 e. The first-order chi connectivity index (χ1) is 4.55. The molecule has 10 heavy (non-hydrogen) atoms. The molecule has 0 fully saturated rings. The molecule has 4 heteroatoms. The quantitative estimate of drug-likeness (QED) is 0.501. The zero-order valence-electron chi connectivity index (χ0n) is 6.53. The second-order valence-electron chi connectivity index (χ2n) is 2.11. The largest absolute Gasteiger partial charge is 0.480 e. The summed E-state index contributed by atoms with van der Waals surface area (Å²) in [5.41, 5.74) is 5.16. The summed E-state index contributed by atoms with van der Waals surface area (Å²) in [7, 11) is 1.00. The third-order valence-electron chi connectivity index (χ3n) is 1.00. The molecule has 0 saturated heterocycles. The molecule has 4 N–H and O–H groups in total. The lowest BCUT2D eigenvalue weighted by Gasteiger charge is -2.07. The number of hydrogen-bond acceptors (Lipinski definition) is 3. The lowest BCUT2D eigenvalue weighted by molar-refractivity contribution is -0.139. The first kappa shape index (κ1) is 12.1. The summed E-state index contributed by atoms with van der Waals surface area (Å²) < 4.78 is 0. The van der Waals surface area contributed by atoms with E-state index in [9.17, 15) is 4.79 Å². The number of carboxylic acid groups (broad SMARTS) is 1. The van der Waals surface area contributed by atoms with Crippen molar-refractivity contribution in [2.24, 2.45) is 11.7 Å². The Bertz CT molecular complexity index is 93.0. The van der Waals surface area contributed by atoms with Crippen LogP contribution < -0.4 is 5.73 Å². The molecule has 1 atom stereocenters. The van der Waals surface area contributed by atoms with Gasteiger partial charge in [-0.15, -0.1) is 0 Å². The Morgan fingerprint density at radius 3 is 1.70 bits per heavy atom. The summed E-state index contributed by atoms with van der Waals surface area (Å²) in [5.74, 6) is -0.910. The number of nitrogens with two attached hydrogens (primary N) is 1. The van der Waals surface area contributed by atoms with Crippen molar-refractivity contribution in [3.05, 3.63) is 0 Å². The van der Waals surface area contributed by atoms with Crippen LogP contribution in [0.1, 0.15) is 13.8 Å². The molecule has 0 saturated carbocycles. The number of carbonyl (C=O) groups is 1. The van der Waals surface area contributed by atoms with Gasteiger partial charge in [0.25, 0.3) is 0 Å². The zero-order valence-corrected chi connectivity index (χ0v) is 6.53.